The molecule has 8 nitrogen and oxygen atoms in total. The average molecular weight is 990 g/mol. The molecule has 0 saturated heterocycles. The van der Waals surface area contributed by atoms with Crippen LogP contribution < -0.4 is 19.9 Å². The summed E-state index contributed by atoms with van der Waals surface area (Å²) in [5.74, 6) is 3.03. The Morgan fingerprint density at radius 1 is 0.726 bits per heavy atom. The Bertz CT molecular complexity index is 3000. The Labute approximate surface area is 377 Å². The van der Waals surface area contributed by atoms with Crippen LogP contribution in [-0.2, 0) is 26.5 Å². The molecule has 2 aromatic heterocycles. The van der Waals surface area contributed by atoms with E-state index in [1.807, 2.05) is 72.6 Å². The molecule has 310 valence electrons. The van der Waals surface area contributed by atoms with Gasteiger partial charge in [-0.15, -0.1) is 48.1 Å². The van der Waals surface area contributed by atoms with Crippen molar-refractivity contribution in [3.63, 3.8) is 0 Å². The number of aliphatic imine (C=N–C) groups is 2. The minimum absolute atomic E-state index is 0. The number of para-hydroxylation sites is 1. The van der Waals surface area contributed by atoms with Crippen molar-refractivity contribution in [1.29, 1.82) is 0 Å². The Kier molecular flexibility index (Phi) is 10.9. The molecular weight excluding hydrogens is 946 g/mol. The van der Waals surface area contributed by atoms with Crippen LogP contribution in [0.5, 0.6) is 11.5 Å². The van der Waals surface area contributed by atoms with E-state index in [-0.39, 0.29) is 26.5 Å². The predicted octanol–water partition coefficient (Wildman–Crippen LogP) is 11.9. The fraction of sp³-hybridized carbons (Fsp3) is 0.132. The van der Waals surface area contributed by atoms with Gasteiger partial charge in [0.05, 0.1) is 0 Å². The molecule has 4 heterocycles. The first-order valence-corrected chi connectivity index (χ1v) is 20.5. The zero-order chi connectivity index (χ0) is 41.7. The molecule has 1 N–H and O–H groups in total. The Hall–Kier alpha value is -6.76. The number of ether oxygens (including phenoxy) is 1. The van der Waals surface area contributed by atoms with Gasteiger partial charge in [-0.05, 0) is 84.1 Å². The number of hydrogen-bond acceptors (Lipinski definition) is 7. The summed E-state index contributed by atoms with van der Waals surface area (Å²) >= 11 is 0. The van der Waals surface area contributed by atoms with Crippen LogP contribution in [0.15, 0.2) is 168 Å². The van der Waals surface area contributed by atoms with Crippen molar-refractivity contribution >= 4 is 44.9 Å². The van der Waals surface area contributed by atoms with Crippen molar-refractivity contribution in [1.82, 2.24) is 14.9 Å². The number of fused-ring (bicyclic) bond motifs is 3. The molecule has 2 aliphatic heterocycles. The fourth-order valence-corrected chi connectivity index (χ4v) is 7.78. The normalized spacial score (nSPS) is 15.0. The van der Waals surface area contributed by atoms with E-state index < -0.39 is 6.17 Å². The molecule has 1 atom stereocenters. The van der Waals surface area contributed by atoms with E-state index in [2.05, 4.69) is 159 Å². The van der Waals surface area contributed by atoms with Crippen molar-refractivity contribution < 1.29 is 25.8 Å². The van der Waals surface area contributed by atoms with Crippen LogP contribution in [-0.4, -0.2) is 21.2 Å². The van der Waals surface area contributed by atoms with E-state index in [9.17, 15) is 0 Å². The van der Waals surface area contributed by atoms with E-state index in [0.717, 1.165) is 56.0 Å². The number of anilines is 2. The van der Waals surface area contributed by atoms with Crippen LogP contribution in [0.1, 0.15) is 60.3 Å². The first-order chi connectivity index (χ1) is 29.6. The molecule has 0 bridgehead atoms. The average Bonchev–Trinajstić information content (AvgIpc) is 3.90. The number of nitrogens with zero attached hydrogens (tertiary/aromatic N) is 6. The number of hydrogen-bond donors (Lipinski definition) is 1. The maximum atomic E-state index is 6.93. The molecule has 0 saturated carbocycles. The van der Waals surface area contributed by atoms with Gasteiger partial charge in [0.2, 0.25) is 0 Å². The second kappa shape index (κ2) is 16.6. The molecule has 2 aliphatic rings. The van der Waals surface area contributed by atoms with Gasteiger partial charge >= 0.3 is 0 Å². The molecular formula is C53H44N7OPt-3. The smallest absolute Gasteiger partial charge is 0.147 e. The molecule has 6 aromatic carbocycles. The van der Waals surface area contributed by atoms with Crippen molar-refractivity contribution in [2.24, 2.45) is 9.98 Å². The van der Waals surface area contributed by atoms with E-state index >= 15 is 0 Å². The Morgan fingerprint density at radius 2 is 1.45 bits per heavy atom. The van der Waals surface area contributed by atoms with E-state index in [1.165, 1.54) is 16.7 Å². The summed E-state index contributed by atoms with van der Waals surface area (Å²) in [5, 5.41) is 5.66. The van der Waals surface area contributed by atoms with Gasteiger partial charge in [-0.25, -0.2) is 15.0 Å². The van der Waals surface area contributed by atoms with Crippen LogP contribution in [0.2, 0.25) is 0 Å². The fourth-order valence-electron chi connectivity index (χ4n) is 7.78. The molecule has 0 fully saturated rings. The Balaban J connectivity index is 0.00000490. The van der Waals surface area contributed by atoms with Crippen molar-refractivity contribution in [3.8, 4) is 17.3 Å². The molecule has 1 unspecified atom stereocenters. The first-order valence-electron chi connectivity index (χ1n) is 20.5. The second-order valence-corrected chi connectivity index (χ2v) is 16.6. The molecule has 9 heteroatoms. The molecule has 0 spiro atoms. The molecule has 62 heavy (non-hydrogen) atoms. The third-order valence-corrected chi connectivity index (χ3v) is 11.2. The summed E-state index contributed by atoms with van der Waals surface area (Å²) in [6.45, 7) is 12.9. The van der Waals surface area contributed by atoms with Crippen molar-refractivity contribution in [2.45, 2.75) is 46.2 Å². The van der Waals surface area contributed by atoms with Crippen LogP contribution in [0.3, 0.4) is 0 Å². The number of pyridine rings is 1. The third-order valence-electron chi connectivity index (χ3n) is 11.2. The topological polar surface area (TPSA) is 70.3 Å². The molecule has 10 rings (SSSR count). The van der Waals surface area contributed by atoms with Crippen LogP contribution in [0, 0.1) is 32.6 Å². The number of aromatic nitrogens is 2. The van der Waals surface area contributed by atoms with Gasteiger partial charge in [0.15, 0.2) is 0 Å². The molecule has 0 radical (unpaired) electrons. The van der Waals surface area contributed by atoms with Crippen LogP contribution in [0.25, 0.3) is 27.6 Å². The van der Waals surface area contributed by atoms with E-state index in [0.29, 0.717) is 22.9 Å². The van der Waals surface area contributed by atoms with E-state index in [1.54, 1.807) is 0 Å². The van der Waals surface area contributed by atoms with Crippen LogP contribution >= 0.6 is 0 Å². The first kappa shape index (κ1) is 40.6. The quantitative estimate of drug-likeness (QED) is 0.154. The summed E-state index contributed by atoms with van der Waals surface area (Å²) in [7, 11) is 0. The van der Waals surface area contributed by atoms with Crippen LogP contribution in [0.4, 0.5) is 11.4 Å². The Morgan fingerprint density at radius 3 is 2.19 bits per heavy atom. The standard InChI is InChI=1S/C53H44N7O.Pt/c1-35-16-20-37(21-17-35)50-55-51(38-22-18-36(2)19-23-38)57-52(56-50)45-32-44-43-13-6-7-14-46(43)60(49-15-8-9-28-54-49)47(44)33-48(45)61-42-12-10-11-41(31-42)59-30-29-58(34-59)40-26-24-39(25-27-40)53(3,4)5;/h6-30,32,34,50H,1-5H3,(H,55,56,57);/q-3;. The van der Waals surface area contributed by atoms with Gasteiger partial charge in [0, 0.05) is 55.5 Å². The zero-order valence-corrected chi connectivity index (χ0v) is 37.3. The largest absolute Gasteiger partial charge is 0.508 e. The van der Waals surface area contributed by atoms with Gasteiger partial charge < -0.3 is 24.4 Å². The summed E-state index contributed by atoms with van der Waals surface area (Å²) in [6.07, 6.45) is 5.48. The number of rotatable bonds is 8. The number of benzene rings is 6. The maximum Gasteiger partial charge on any atom is 0.147 e. The summed E-state index contributed by atoms with van der Waals surface area (Å²) in [6, 6.07) is 55.2. The number of nitrogens with one attached hydrogen (secondary N) is 1. The summed E-state index contributed by atoms with van der Waals surface area (Å²) in [4.78, 5) is 19.4. The van der Waals surface area contributed by atoms with Gasteiger partial charge in [-0.2, -0.15) is 6.07 Å². The monoisotopic (exact) mass is 989 g/mol. The third kappa shape index (κ3) is 7.94. The summed E-state index contributed by atoms with van der Waals surface area (Å²) < 4.78 is 9.07. The second-order valence-electron chi connectivity index (χ2n) is 16.6. The van der Waals surface area contributed by atoms with Gasteiger partial charge in [0.1, 0.15) is 23.7 Å². The number of aryl methyl sites for hydroxylation is 2. The van der Waals surface area contributed by atoms with Gasteiger partial charge in [-0.1, -0.05) is 122 Å². The minimum Gasteiger partial charge on any atom is -0.508 e. The SMILES string of the molecule is Cc1ccc(C2=NC(c3cc4c5ccccc5n(-c5ccccn5)c4[c-]c3Oc3[c-]c(N4C=CN(c5ccc(C(C)(C)C)cc5)[CH-]4)ccc3)=NC(c3ccc(C)cc3)N2)cc1.[Pt]. The van der Waals surface area contributed by atoms with E-state index in [4.69, 9.17) is 19.7 Å². The van der Waals surface area contributed by atoms with Gasteiger partial charge in [0.25, 0.3) is 0 Å². The minimum atomic E-state index is -0.400. The maximum absolute atomic E-state index is 6.93. The number of amidine groups is 2. The van der Waals surface area contributed by atoms with Gasteiger partial charge in [-0.3, -0.25) is 0 Å². The van der Waals surface area contributed by atoms with Crippen molar-refractivity contribution in [3.05, 3.63) is 210 Å². The zero-order valence-electron chi connectivity index (χ0n) is 35.1. The molecule has 0 amide bonds. The molecule has 8 aromatic rings. The predicted molar refractivity (Wildman–Crippen MR) is 248 cm³/mol. The summed E-state index contributed by atoms with van der Waals surface area (Å²) in [5.41, 5.74) is 10.2. The van der Waals surface area contributed by atoms with Crippen molar-refractivity contribution in [2.75, 3.05) is 9.80 Å². The molecule has 0 aliphatic carbocycles.